The molecule has 0 aromatic rings. The van der Waals surface area contributed by atoms with Crippen molar-refractivity contribution in [1.82, 2.24) is 4.90 Å². The molecular weight excluding hydrogens is 196 g/mol. The van der Waals surface area contributed by atoms with E-state index in [0.29, 0.717) is 5.54 Å². The molecule has 0 aromatic carbocycles. The minimum Gasteiger partial charge on any atom is -0.329 e. The van der Waals surface area contributed by atoms with Gasteiger partial charge in [0.1, 0.15) is 0 Å². The largest absolute Gasteiger partial charge is 0.329 e. The van der Waals surface area contributed by atoms with E-state index in [4.69, 9.17) is 5.73 Å². The first-order chi connectivity index (χ1) is 7.64. The SMILES string of the molecule is CC(C)C1CC(CN)(N2CC3CCC2C3)C1. The van der Waals surface area contributed by atoms with Crippen LogP contribution in [0.25, 0.3) is 0 Å². The van der Waals surface area contributed by atoms with Gasteiger partial charge in [0.05, 0.1) is 0 Å². The molecule has 0 amide bonds. The molecule has 2 bridgehead atoms. The lowest BCUT2D eigenvalue weighted by Gasteiger charge is -2.56. The highest BCUT2D eigenvalue weighted by atomic mass is 15.3. The van der Waals surface area contributed by atoms with E-state index in [1.165, 1.54) is 38.6 Å². The molecule has 1 aliphatic heterocycles. The summed E-state index contributed by atoms with van der Waals surface area (Å²) in [7, 11) is 0. The van der Waals surface area contributed by atoms with Crippen molar-refractivity contribution in [3.05, 3.63) is 0 Å². The second kappa shape index (κ2) is 3.71. The number of fused-ring (bicyclic) bond motifs is 2. The summed E-state index contributed by atoms with van der Waals surface area (Å²) in [5.74, 6) is 2.79. The number of piperidine rings is 1. The van der Waals surface area contributed by atoms with Gasteiger partial charge in [0, 0.05) is 24.7 Å². The summed E-state index contributed by atoms with van der Waals surface area (Å²) in [5, 5.41) is 0. The Bertz CT molecular complexity index is 268. The highest BCUT2D eigenvalue weighted by Crippen LogP contribution is 2.51. The van der Waals surface area contributed by atoms with Crippen LogP contribution in [0.5, 0.6) is 0 Å². The summed E-state index contributed by atoms with van der Waals surface area (Å²) in [6.45, 7) is 6.97. The lowest BCUT2D eigenvalue weighted by Crippen LogP contribution is -2.64. The van der Waals surface area contributed by atoms with Crippen molar-refractivity contribution in [3.63, 3.8) is 0 Å². The van der Waals surface area contributed by atoms with Crippen LogP contribution in [0.4, 0.5) is 0 Å². The zero-order valence-electron chi connectivity index (χ0n) is 10.8. The summed E-state index contributed by atoms with van der Waals surface area (Å²) in [5.41, 5.74) is 6.51. The molecule has 2 atom stereocenters. The lowest BCUT2D eigenvalue weighted by atomic mass is 9.62. The first kappa shape index (κ1) is 11.0. The Labute approximate surface area is 99.6 Å². The van der Waals surface area contributed by atoms with E-state index in [2.05, 4.69) is 18.7 Å². The van der Waals surface area contributed by atoms with E-state index >= 15 is 0 Å². The average Bonchev–Trinajstić information content (AvgIpc) is 2.78. The Kier molecular flexibility index (Phi) is 2.56. The van der Waals surface area contributed by atoms with E-state index in [1.807, 2.05) is 0 Å². The Balaban J connectivity index is 1.69. The highest BCUT2D eigenvalue weighted by Gasteiger charge is 2.54. The summed E-state index contributed by atoms with van der Waals surface area (Å²) in [4.78, 5) is 2.81. The number of hydrogen-bond donors (Lipinski definition) is 1. The number of nitrogens with zero attached hydrogens (tertiary/aromatic N) is 1. The summed E-state index contributed by atoms with van der Waals surface area (Å²) in [6.07, 6.45) is 7.12. The van der Waals surface area contributed by atoms with Gasteiger partial charge >= 0.3 is 0 Å². The van der Waals surface area contributed by atoms with E-state index in [-0.39, 0.29) is 0 Å². The third-order valence-corrected chi connectivity index (χ3v) is 5.63. The number of rotatable bonds is 3. The van der Waals surface area contributed by atoms with Gasteiger partial charge in [-0.2, -0.15) is 0 Å². The number of nitrogens with two attached hydrogens (primary N) is 1. The molecule has 1 heterocycles. The van der Waals surface area contributed by atoms with Gasteiger partial charge in [-0.05, 0) is 49.9 Å². The Morgan fingerprint density at radius 3 is 2.50 bits per heavy atom. The van der Waals surface area contributed by atoms with Crippen LogP contribution in [0, 0.1) is 17.8 Å². The predicted octanol–water partition coefficient (Wildman–Crippen LogP) is 2.23. The van der Waals surface area contributed by atoms with E-state index in [0.717, 1.165) is 30.3 Å². The van der Waals surface area contributed by atoms with Crippen LogP contribution in [0.1, 0.15) is 46.0 Å². The van der Waals surface area contributed by atoms with Crippen molar-refractivity contribution in [1.29, 1.82) is 0 Å². The highest BCUT2D eigenvalue weighted by molar-refractivity contribution is 5.09. The molecule has 2 saturated carbocycles. The predicted molar refractivity (Wildman–Crippen MR) is 67.2 cm³/mol. The van der Waals surface area contributed by atoms with Crippen LogP contribution >= 0.6 is 0 Å². The first-order valence-corrected chi connectivity index (χ1v) is 7.11. The normalized spacial score (nSPS) is 47.6. The summed E-state index contributed by atoms with van der Waals surface area (Å²) in [6, 6.07) is 0.890. The molecule has 92 valence electrons. The fraction of sp³-hybridized carbons (Fsp3) is 1.00. The maximum atomic E-state index is 6.10. The first-order valence-electron chi connectivity index (χ1n) is 7.11. The average molecular weight is 222 g/mol. The van der Waals surface area contributed by atoms with Crippen LogP contribution in [-0.4, -0.2) is 29.6 Å². The van der Waals surface area contributed by atoms with Crippen molar-refractivity contribution < 1.29 is 0 Å². The minimum atomic E-state index is 0.411. The van der Waals surface area contributed by atoms with Crippen molar-refractivity contribution >= 4 is 0 Å². The van der Waals surface area contributed by atoms with Crippen LogP contribution in [0.15, 0.2) is 0 Å². The quantitative estimate of drug-likeness (QED) is 0.793. The second-order valence-corrected chi connectivity index (χ2v) is 6.83. The zero-order valence-corrected chi connectivity index (χ0v) is 10.8. The Morgan fingerprint density at radius 2 is 2.06 bits per heavy atom. The van der Waals surface area contributed by atoms with Gasteiger partial charge in [-0.25, -0.2) is 0 Å². The fourth-order valence-corrected chi connectivity index (χ4v) is 4.41. The molecule has 0 radical (unpaired) electrons. The number of likely N-dealkylation sites (tertiary alicyclic amines) is 1. The smallest absolute Gasteiger partial charge is 0.0340 e. The van der Waals surface area contributed by atoms with Crippen LogP contribution in [0.3, 0.4) is 0 Å². The standard InChI is InChI=1S/C14H26N2/c1-10(2)12-6-14(7-12,9-15)16-8-11-3-4-13(16)5-11/h10-13H,3-9,15H2,1-2H3. The van der Waals surface area contributed by atoms with Crippen LogP contribution < -0.4 is 5.73 Å². The van der Waals surface area contributed by atoms with E-state index < -0.39 is 0 Å². The number of hydrogen-bond acceptors (Lipinski definition) is 2. The maximum Gasteiger partial charge on any atom is 0.0340 e. The van der Waals surface area contributed by atoms with Crippen LogP contribution in [0.2, 0.25) is 0 Å². The van der Waals surface area contributed by atoms with Crippen molar-refractivity contribution in [2.45, 2.75) is 57.5 Å². The van der Waals surface area contributed by atoms with Crippen molar-refractivity contribution in [2.75, 3.05) is 13.1 Å². The van der Waals surface area contributed by atoms with Gasteiger partial charge in [-0.1, -0.05) is 13.8 Å². The summed E-state index contributed by atoms with van der Waals surface area (Å²) >= 11 is 0. The van der Waals surface area contributed by atoms with Crippen molar-refractivity contribution in [2.24, 2.45) is 23.5 Å². The molecule has 2 N–H and O–H groups in total. The minimum absolute atomic E-state index is 0.411. The molecule has 0 spiro atoms. The maximum absolute atomic E-state index is 6.10. The molecule has 3 fully saturated rings. The van der Waals surface area contributed by atoms with Gasteiger partial charge in [-0.15, -0.1) is 0 Å². The molecule has 16 heavy (non-hydrogen) atoms. The molecule has 3 aliphatic rings. The monoisotopic (exact) mass is 222 g/mol. The lowest BCUT2D eigenvalue weighted by molar-refractivity contribution is -0.0515. The van der Waals surface area contributed by atoms with E-state index in [1.54, 1.807) is 0 Å². The third-order valence-electron chi connectivity index (χ3n) is 5.63. The van der Waals surface area contributed by atoms with Gasteiger partial charge in [0.25, 0.3) is 0 Å². The molecule has 0 aromatic heterocycles. The van der Waals surface area contributed by atoms with Gasteiger partial charge in [-0.3, -0.25) is 4.90 Å². The third kappa shape index (κ3) is 1.46. The van der Waals surface area contributed by atoms with Gasteiger partial charge in [0.15, 0.2) is 0 Å². The summed E-state index contributed by atoms with van der Waals surface area (Å²) < 4.78 is 0. The molecule has 2 aliphatic carbocycles. The van der Waals surface area contributed by atoms with Crippen molar-refractivity contribution in [3.8, 4) is 0 Å². The van der Waals surface area contributed by atoms with E-state index in [9.17, 15) is 0 Å². The molecule has 3 rings (SSSR count). The zero-order chi connectivity index (χ0) is 11.3. The molecule has 2 unspecified atom stereocenters. The topological polar surface area (TPSA) is 29.3 Å². The second-order valence-electron chi connectivity index (χ2n) is 6.83. The fourth-order valence-electron chi connectivity index (χ4n) is 4.41. The van der Waals surface area contributed by atoms with Crippen LogP contribution in [-0.2, 0) is 0 Å². The molecule has 1 saturated heterocycles. The molecule has 2 heteroatoms. The Morgan fingerprint density at radius 1 is 1.31 bits per heavy atom. The van der Waals surface area contributed by atoms with Gasteiger partial charge < -0.3 is 5.73 Å². The Hall–Kier alpha value is -0.0800. The van der Waals surface area contributed by atoms with Gasteiger partial charge in [0.2, 0.25) is 0 Å². The molecular formula is C14H26N2. The molecule has 2 nitrogen and oxygen atoms in total.